The molecule has 0 radical (unpaired) electrons. The number of carbonyl (C=O) groups excluding carboxylic acids is 1. The van der Waals surface area contributed by atoms with E-state index < -0.39 is 0 Å². The van der Waals surface area contributed by atoms with Crippen molar-refractivity contribution in [3.63, 3.8) is 0 Å². The molecule has 0 unspecified atom stereocenters. The Morgan fingerprint density at radius 2 is 2.30 bits per heavy atom. The van der Waals surface area contributed by atoms with Crippen molar-refractivity contribution in [2.24, 2.45) is 0 Å². The van der Waals surface area contributed by atoms with Crippen LogP contribution in [0.5, 0.6) is 5.88 Å². The number of amides is 1. The van der Waals surface area contributed by atoms with Crippen LogP contribution in [-0.4, -0.2) is 32.3 Å². The molecule has 3 rings (SSSR count). The molecular formula is C18H21N5O2S2. The van der Waals surface area contributed by atoms with E-state index in [0.717, 1.165) is 22.7 Å². The molecule has 0 aliphatic heterocycles. The maximum absolute atomic E-state index is 12.3. The molecule has 3 heterocycles. The highest BCUT2D eigenvalue weighted by Gasteiger charge is 2.12. The Morgan fingerprint density at radius 3 is 3.07 bits per heavy atom. The number of nitrogens with one attached hydrogen (secondary N) is 2. The molecule has 3 aromatic rings. The van der Waals surface area contributed by atoms with Crippen molar-refractivity contribution in [1.82, 2.24) is 25.1 Å². The summed E-state index contributed by atoms with van der Waals surface area (Å²) in [6, 6.07) is 7.67. The van der Waals surface area contributed by atoms with Crippen LogP contribution in [0.2, 0.25) is 0 Å². The Hall–Kier alpha value is -2.52. The molecule has 2 N–H and O–H groups in total. The Balaban J connectivity index is 1.57. The van der Waals surface area contributed by atoms with E-state index in [0.29, 0.717) is 36.8 Å². The second kappa shape index (κ2) is 9.43. The molecule has 7 nitrogen and oxygen atoms in total. The minimum Gasteiger partial charge on any atom is -0.477 e. The minimum absolute atomic E-state index is 0.0690. The molecule has 0 saturated carbocycles. The molecule has 0 atom stereocenters. The highest BCUT2D eigenvalue weighted by molar-refractivity contribution is 7.71. The molecule has 142 valence electrons. The fraction of sp³-hybridized carbons (Fsp3) is 0.333. The Morgan fingerprint density at radius 1 is 1.41 bits per heavy atom. The lowest BCUT2D eigenvalue weighted by molar-refractivity contribution is -0.121. The standard InChI is InChI=1S/C18H21N5O2S2/c1-2-10-25-17-13(5-3-8-19-17)12-20-15(24)7-9-23-16(21-22-18(23)26)14-6-4-11-27-14/h3-6,8,11H,2,7,9-10,12H2,1H3,(H,20,24)(H,22,26). The lowest BCUT2D eigenvalue weighted by Crippen LogP contribution is -2.24. The zero-order valence-electron chi connectivity index (χ0n) is 15.0. The summed E-state index contributed by atoms with van der Waals surface area (Å²) in [5.41, 5.74) is 0.860. The van der Waals surface area contributed by atoms with Gasteiger partial charge in [0.15, 0.2) is 10.6 Å². The number of thiophene rings is 1. The second-order valence-electron chi connectivity index (χ2n) is 5.82. The summed E-state index contributed by atoms with van der Waals surface area (Å²) in [6.45, 7) is 3.47. The molecule has 0 fully saturated rings. The summed E-state index contributed by atoms with van der Waals surface area (Å²) < 4.78 is 7.97. The smallest absolute Gasteiger partial charge is 0.222 e. The van der Waals surface area contributed by atoms with Crippen molar-refractivity contribution in [2.75, 3.05) is 6.61 Å². The number of aromatic nitrogens is 4. The topological polar surface area (TPSA) is 84.8 Å². The van der Waals surface area contributed by atoms with Crippen LogP contribution in [0.3, 0.4) is 0 Å². The number of ether oxygens (including phenoxy) is 1. The van der Waals surface area contributed by atoms with Gasteiger partial charge in [-0.2, -0.15) is 5.10 Å². The van der Waals surface area contributed by atoms with Gasteiger partial charge in [-0.1, -0.05) is 19.1 Å². The van der Waals surface area contributed by atoms with Gasteiger partial charge in [-0.05, 0) is 36.2 Å². The first kappa shape index (κ1) is 19.2. The summed E-state index contributed by atoms with van der Waals surface area (Å²) >= 11 is 6.87. The largest absolute Gasteiger partial charge is 0.477 e. The molecule has 0 aromatic carbocycles. The highest BCUT2D eigenvalue weighted by Crippen LogP contribution is 2.23. The van der Waals surface area contributed by atoms with Crippen molar-refractivity contribution in [3.05, 3.63) is 46.2 Å². The van der Waals surface area contributed by atoms with Crippen molar-refractivity contribution >= 4 is 29.5 Å². The van der Waals surface area contributed by atoms with Gasteiger partial charge < -0.3 is 10.1 Å². The average molecular weight is 404 g/mol. The van der Waals surface area contributed by atoms with Gasteiger partial charge >= 0.3 is 0 Å². The van der Waals surface area contributed by atoms with E-state index in [4.69, 9.17) is 17.0 Å². The second-order valence-corrected chi connectivity index (χ2v) is 7.16. The normalized spacial score (nSPS) is 10.7. The van der Waals surface area contributed by atoms with Gasteiger partial charge in [0.1, 0.15) is 0 Å². The Bertz CT molecular complexity index is 933. The molecular weight excluding hydrogens is 382 g/mol. The molecule has 0 bridgehead atoms. The van der Waals surface area contributed by atoms with Crippen LogP contribution in [0.25, 0.3) is 10.7 Å². The quantitative estimate of drug-likeness (QED) is 0.534. The Labute approximate surface area is 166 Å². The van der Waals surface area contributed by atoms with Crippen LogP contribution in [0, 0.1) is 4.77 Å². The van der Waals surface area contributed by atoms with Crippen LogP contribution in [0.1, 0.15) is 25.3 Å². The van der Waals surface area contributed by atoms with Crippen molar-refractivity contribution in [2.45, 2.75) is 32.9 Å². The highest BCUT2D eigenvalue weighted by atomic mass is 32.1. The van der Waals surface area contributed by atoms with E-state index in [9.17, 15) is 4.79 Å². The summed E-state index contributed by atoms with van der Waals surface area (Å²) in [4.78, 5) is 17.5. The van der Waals surface area contributed by atoms with Gasteiger partial charge in [0.2, 0.25) is 11.8 Å². The zero-order chi connectivity index (χ0) is 19.1. The van der Waals surface area contributed by atoms with Gasteiger partial charge in [-0.25, -0.2) is 4.98 Å². The van der Waals surface area contributed by atoms with Gasteiger partial charge in [-0.3, -0.25) is 14.5 Å². The minimum atomic E-state index is -0.0690. The van der Waals surface area contributed by atoms with E-state index in [2.05, 4.69) is 20.5 Å². The molecule has 0 aliphatic rings. The third-order valence-corrected chi connectivity index (χ3v) is 5.01. The van der Waals surface area contributed by atoms with E-state index in [-0.39, 0.29) is 5.91 Å². The summed E-state index contributed by atoms with van der Waals surface area (Å²) in [7, 11) is 0. The number of H-pyrrole nitrogens is 1. The molecule has 0 spiro atoms. The van der Waals surface area contributed by atoms with Gasteiger partial charge in [0, 0.05) is 31.3 Å². The van der Waals surface area contributed by atoms with Crippen LogP contribution in [0.15, 0.2) is 35.8 Å². The van der Waals surface area contributed by atoms with Crippen LogP contribution in [-0.2, 0) is 17.9 Å². The zero-order valence-corrected chi connectivity index (χ0v) is 16.6. The number of hydrogen-bond acceptors (Lipinski definition) is 6. The van der Waals surface area contributed by atoms with Crippen LogP contribution in [0.4, 0.5) is 0 Å². The Kier molecular flexibility index (Phi) is 6.72. The molecule has 0 aliphatic carbocycles. The lowest BCUT2D eigenvalue weighted by atomic mass is 10.2. The van der Waals surface area contributed by atoms with Crippen molar-refractivity contribution < 1.29 is 9.53 Å². The van der Waals surface area contributed by atoms with Crippen LogP contribution >= 0.6 is 23.6 Å². The molecule has 0 saturated heterocycles. The summed E-state index contributed by atoms with van der Waals surface area (Å²) in [5.74, 6) is 1.25. The predicted molar refractivity (Wildman–Crippen MR) is 107 cm³/mol. The fourth-order valence-electron chi connectivity index (χ4n) is 2.50. The summed E-state index contributed by atoms with van der Waals surface area (Å²) in [6.07, 6.45) is 2.89. The average Bonchev–Trinajstić information content (AvgIpc) is 3.33. The van der Waals surface area contributed by atoms with Crippen molar-refractivity contribution in [3.8, 4) is 16.6 Å². The predicted octanol–water partition coefficient (Wildman–Crippen LogP) is 3.56. The fourth-order valence-corrected chi connectivity index (χ4v) is 3.45. The third kappa shape index (κ3) is 5.01. The summed E-state index contributed by atoms with van der Waals surface area (Å²) in [5, 5.41) is 12.0. The van der Waals surface area contributed by atoms with Crippen LogP contribution < -0.4 is 10.1 Å². The maximum atomic E-state index is 12.3. The van der Waals surface area contributed by atoms with E-state index in [1.165, 1.54) is 0 Å². The van der Waals surface area contributed by atoms with E-state index in [1.54, 1.807) is 17.5 Å². The van der Waals surface area contributed by atoms with E-state index >= 15 is 0 Å². The monoisotopic (exact) mass is 403 g/mol. The van der Waals surface area contributed by atoms with Gasteiger partial charge in [-0.15, -0.1) is 11.3 Å². The number of rotatable bonds is 9. The lowest BCUT2D eigenvalue weighted by Gasteiger charge is -2.11. The number of aromatic amines is 1. The SMILES string of the molecule is CCCOc1ncccc1CNC(=O)CCn1c(-c2cccs2)n[nH]c1=S. The van der Waals surface area contributed by atoms with E-state index in [1.807, 2.05) is 41.1 Å². The molecule has 27 heavy (non-hydrogen) atoms. The van der Waals surface area contributed by atoms with Gasteiger partial charge in [0.05, 0.1) is 11.5 Å². The van der Waals surface area contributed by atoms with Crippen molar-refractivity contribution in [1.29, 1.82) is 0 Å². The first-order chi connectivity index (χ1) is 13.2. The molecule has 9 heteroatoms. The molecule has 3 aromatic heterocycles. The number of pyridine rings is 1. The van der Waals surface area contributed by atoms with Gasteiger partial charge in [0.25, 0.3) is 0 Å². The number of carbonyl (C=O) groups is 1. The first-order valence-corrected chi connectivity index (χ1v) is 10.00. The molecule has 1 amide bonds. The number of nitrogens with zero attached hydrogens (tertiary/aromatic N) is 3. The number of hydrogen-bond donors (Lipinski definition) is 2. The third-order valence-electron chi connectivity index (χ3n) is 3.83. The maximum Gasteiger partial charge on any atom is 0.222 e. The first-order valence-electron chi connectivity index (χ1n) is 8.71.